The van der Waals surface area contributed by atoms with E-state index in [9.17, 15) is 9.90 Å². The molecule has 0 radical (unpaired) electrons. The molecule has 1 fully saturated rings. The van der Waals surface area contributed by atoms with E-state index in [0.29, 0.717) is 23.0 Å². The van der Waals surface area contributed by atoms with Gasteiger partial charge in [-0.05, 0) is 48.7 Å². The fourth-order valence-corrected chi connectivity index (χ4v) is 4.44. The summed E-state index contributed by atoms with van der Waals surface area (Å²) in [7, 11) is 0. The summed E-state index contributed by atoms with van der Waals surface area (Å²) < 4.78 is 0.975. The number of hydrogen-bond acceptors (Lipinski definition) is 2. The van der Waals surface area contributed by atoms with Gasteiger partial charge in [-0.1, -0.05) is 63.4 Å². The zero-order valence-corrected chi connectivity index (χ0v) is 16.6. The van der Waals surface area contributed by atoms with Crippen molar-refractivity contribution < 1.29 is 9.90 Å². The smallest absolute Gasteiger partial charge is 0.307 e. The van der Waals surface area contributed by atoms with Crippen LogP contribution < -0.4 is 0 Å². The zero-order chi connectivity index (χ0) is 18.0. The first-order chi connectivity index (χ1) is 12.0. The summed E-state index contributed by atoms with van der Waals surface area (Å²) in [5, 5.41) is 10.6. The molecule has 2 unspecified atom stereocenters. The molecule has 25 heavy (non-hydrogen) atoms. The maximum atomic E-state index is 11.5. The van der Waals surface area contributed by atoms with E-state index in [2.05, 4.69) is 20.8 Å². The van der Waals surface area contributed by atoms with Gasteiger partial charge in [0.15, 0.2) is 0 Å². The van der Waals surface area contributed by atoms with E-state index in [4.69, 9.17) is 23.2 Å². The first-order valence-corrected chi connectivity index (χ1v) is 9.68. The minimum absolute atomic E-state index is 0.123. The quantitative estimate of drug-likeness (QED) is 0.665. The number of carboxylic acid groups (broad SMARTS) is 1. The van der Waals surface area contributed by atoms with Crippen molar-refractivity contribution in [1.82, 2.24) is 4.90 Å². The number of rotatable bonds is 4. The lowest BCUT2D eigenvalue weighted by atomic mass is 9.91. The molecule has 0 aliphatic carbocycles. The lowest BCUT2D eigenvalue weighted by molar-refractivity contribution is -0.143. The van der Waals surface area contributed by atoms with Crippen molar-refractivity contribution in [3.8, 4) is 0 Å². The Morgan fingerprint density at radius 3 is 2.64 bits per heavy atom. The van der Waals surface area contributed by atoms with Crippen LogP contribution in [0.1, 0.15) is 30.0 Å². The Hall–Kier alpha value is -1.07. The Labute approximate surface area is 165 Å². The topological polar surface area (TPSA) is 40.5 Å². The van der Waals surface area contributed by atoms with E-state index in [0.717, 1.165) is 28.6 Å². The van der Waals surface area contributed by atoms with Crippen LogP contribution in [0.4, 0.5) is 0 Å². The largest absolute Gasteiger partial charge is 0.481 e. The Bertz CT molecular complexity index is 784. The van der Waals surface area contributed by atoms with E-state index in [1.165, 1.54) is 0 Å². The predicted molar refractivity (Wildman–Crippen MR) is 104 cm³/mol. The van der Waals surface area contributed by atoms with E-state index in [1.54, 1.807) is 6.07 Å². The summed E-state index contributed by atoms with van der Waals surface area (Å²) in [5.41, 5.74) is 2.00. The summed E-state index contributed by atoms with van der Waals surface area (Å²) in [6.07, 6.45) is 1.56. The molecule has 1 heterocycles. The van der Waals surface area contributed by atoms with Gasteiger partial charge in [-0.3, -0.25) is 9.69 Å². The molecule has 1 aliphatic heterocycles. The third kappa shape index (κ3) is 4.20. The van der Waals surface area contributed by atoms with Crippen molar-refractivity contribution in [1.29, 1.82) is 0 Å². The average Bonchev–Trinajstić information content (AvgIpc) is 2.59. The second-order valence-corrected chi connectivity index (χ2v) is 7.96. The second-order valence-electron chi connectivity index (χ2n) is 6.26. The van der Waals surface area contributed by atoms with Crippen LogP contribution >= 0.6 is 39.1 Å². The number of piperidine rings is 1. The maximum Gasteiger partial charge on any atom is 0.307 e. The molecule has 0 saturated carbocycles. The van der Waals surface area contributed by atoms with Gasteiger partial charge in [-0.25, -0.2) is 0 Å². The highest BCUT2D eigenvalue weighted by atomic mass is 79.9. The molecule has 2 atom stereocenters. The van der Waals surface area contributed by atoms with Gasteiger partial charge in [0.2, 0.25) is 0 Å². The van der Waals surface area contributed by atoms with Gasteiger partial charge < -0.3 is 5.11 Å². The van der Waals surface area contributed by atoms with E-state index in [-0.39, 0.29) is 12.0 Å². The Kier molecular flexibility index (Phi) is 6.05. The third-order valence-electron chi connectivity index (χ3n) is 4.62. The van der Waals surface area contributed by atoms with E-state index >= 15 is 0 Å². The Balaban J connectivity index is 2.06. The fraction of sp³-hybridized carbons (Fsp3) is 0.316. The lowest BCUT2D eigenvalue weighted by Crippen LogP contribution is -2.41. The van der Waals surface area contributed by atoms with Crippen molar-refractivity contribution in [3.63, 3.8) is 0 Å². The Morgan fingerprint density at radius 1 is 1.20 bits per heavy atom. The molecule has 3 nitrogen and oxygen atoms in total. The van der Waals surface area contributed by atoms with Gasteiger partial charge >= 0.3 is 5.97 Å². The van der Waals surface area contributed by atoms with Gasteiger partial charge in [0.25, 0.3) is 0 Å². The number of aliphatic carboxylic acids is 1. The average molecular weight is 443 g/mol. The highest BCUT2D eigenvalue weighted by Crippen LogP contribution is 2.39. The predicted octanol–water partition coefficient (Wildman–Crippen LogP) is 5.64. The fourth-order valence-electron chi connectivity index (χ4n) is 3.42. The van der Waals surface area contributed by atoms with Crippen LogP contribution in [0.3, 0.4) is 0 Å². The number of carbonyl (C=O) groups is 1. The lowest BCUT2D eigenvalue weighted by Gasteiger charge is -2.38. The molecule has 1 aliphatic rings. The van der Waals surface area contributed by atoms with Crippen molar-refractivity contribution in [2.75, 3.05) is 13.1 Å². The van der Waals surface area contributed by atoms with Gasteiger partial charge in [0.05, 0.1) is 12.0 Å². The molecule has 0 bridgehead atoms. The van der Waals surface area contributed by atoms with Crippen LogP contribution in [0.25, 0.3) is 0 Å². The van der Waals surface area contributed by atoms with E-state index in [1.807, 2.05) is 36.4 Å². The number of benzene rings is 2. The molecule has 0 aromatic heterocycles. The molecular formula is C19H18BrCl2NO2. The van der Waals surface area contributed by atoms with Crippen molar-refractivity contribution in [3.05, 3.63) is 68.1 Å². The van der Waals surface area contributed by atoms with Crippen LogP contribution in [-0.4, -0.2) is 29.1 Å². The molecule has 132 valence electrons. The van der Waals surface area contributed by atoms with Crippen LogP contribution in [0.5, 0.6) is 0 Å². The molecular weight excluding hydrogens is 425 g/mol. The molecule has 2 aromatic rings. The van der Waals surface area contributed by atoms with Crippen molar-refractivity contribution >= 4 is 45.1 Å². The van der Waals surface area contributed by atoms with Crippen LogP contribution in [0, 0.1) is 5.92 Å². The summed E-state index contributed by atoms with van der Waals surface area (Å²) in [4.78, 5) is 13.7. The van der Waals surface area contributed by atoms with Crippen LogP contribution in [0.15, 0.2) is 46.9 Å². The maximum absolute atomic E-state index is 11.5. The monoisotopic (exact) mass is 441 g/mol. The first kappa shape index (κ1) is 18.7. The van der Waals surface area contributed by atoms with Gasteiger partial charge in [0, 0.05) is 21.1 Å². The number of carboxylic acids is 1. The summed E-state index contributed by atoms with van der Waals surface area (Å²) in [6, 6.07) is 13.3. The normalized spacial score (nSPS) is 19.6. The molecule has 3 rings (SSSR count). The number of likely N-dealkylation sites (tertiary alicyclic amines) is 1. The second kappa shape index (κ2) is 8.09. The first-order valence-electron chi connectivity index (χ1n) is 8.13. The molecule has 6 heteroatoms. The summed E-state index contributed by atoms with van der Waals surface area (Å²) in [5.74, 6) is -1.09. The number of hydrogen-bond donors (Lipinski definition) is 1. The molecule has 0 spiro atoms. The Morgan fingerprint density at radius 2 is 1.96 bits per heavy atom. The van der Waals surface area contributed by atoms with Crippen molar-refractivity contribution in [2.45, 2.75) is 18.9 Å². The summed E-state index contributed by atoms with van der Waals surface area (Å²) >= 11 is 16.2. The SMILES string of the molecule is O=C(O)C1CCCN(C(c2ccc(Cl)cc2Cl)c2ccccc2Br)C1. The highest BCUT2D eigenvalue weighted by Gasteiger charge is 2.32. The van der Waals surface area contributed by atoms with Gasteiger partial charge in [-0.2, -0.15) is 0 Å². The molecule has 2 aromatic carbocycles. The molecule has 1 saturated heterocycles. The van der Waals surface area contributed by atoms with E-state index < -0.39 is 5.97 Å². The van der Waals surface area contributed by atoms with Crippen molar-refractivity contribution in [2.24, 2.45) is 5.92 Å². The molecule has 0 amide bonds. The number of nitrogens with zero attached hydrogens (tertiary/aromatic N) is 1. The minimum Gasteiger partial charge on any atom is -0.481 e. The minimum atomic E-state index is -0.738. The standard InChI is InChI=1S/C19H18BrCl2NO2/c20-16-6-2-1-5-14(16)18(15-8-7-13(21)10-17(15)22)23-9-3-4-12(11-23)19(24)25/h1-2,5-8,10,12,18H,3-4,9,11H2,(H,24,25). The zero-order valence-electron chi connectivity index (χ0n) is 13.5. The van der Waals surface area contributed by atoms with Crippen LogP contribution in [0.2, 0.25) is 10.0 Å². The highest BCUT2D eigenvalue weighted by molar-refractivity contribution is 9.10. The van der Waals surface area contributed by atoms with Gasteiger partial charge in [-0.15, -0.1) is 0 Å². The third-order valence-corrected chi connectivity index (χ3v) is 5.91. The summed E-state index contributed by atoms with van der Waals surface area (Å²) in [6.45, 7) is 1.33. The van der Waals surface area contributed by atoms with Gasteiger partial charge in [0.1, 0.15) is 0 Å². The van der Waals surface area contributed by atoms with Crippen LogP contribution in [-0.2, 0) is 4.79 Å². The molecule has 1 N–H and O–H groups in total. The number of halogens is 3.